The molecule has 1 nitrogen and oxygen atoms in total. The lowest BCUT2D eigenvalue weighted by Gasteiger charge is -1.88. The molecule has 0 radical (unpaired) electrons. The SMILES string of the molecule is C=C/C=C\c1c(C)oc(=C)/c1=C\C(=C)Br. The van der Waals surface area contributed by atoms with Gasteiger partial charge in [-0.1, -0.05) is 53.9 Å². The van der Waals surface area contributed by atoms with E-state index in [1.54, 1.807) is 6.08 Å². The molecule has 0 atom stereocenters. The summed E-state index contributed by atoms with van der Waals surface area (Å²) in [5.74, 6) is 0.845. The third-order valence-corrected chi connectivity index (χ3v) is 2.18. The number of aryl methyl sites for hydroxylation is 1. The zero-order valence-corrected chi connectivity index (χ0v) is 10.3. The summed E-state index contributed by atoms with van der Waals surface area (Å²) in [6, 6.07) is 0. The van der Waals surface area contributed by atoms with Gasteiger partial charge in [0, 0.05) is 15.3 Å². The molecule has 0 N–H and O–H groups in total. The molecule has 0 aliphatic carbocycles. The zero-order valence-electron chi connectivity index (χ0n) is 8.72. The summed E-state index contributed by atoms with van der Waals surface area (Å²) in [6.45, 7) is 13.2. The summed E-state index contributed by atoms with van der Waals surface area (Å²) < 4.78 is 6.25. The van der Waals surface area contributed by atoms with E-state index >= 15 is 0 Å². The van der Waals surface area contributed by atoms with Crippen LogP contribution in [0.15, 0.2) is 34.2 Å². The van der Waals surface area contributed by atoms with Crippen LogP contribution in [-0.2, 0) is 0 Å². The molecule has 0 saturated carbocycles. The Bertz CT molecular complexity index is 517. The smallest absolute Gasteiger partial charge is 0.127 e. The van der Waals surface area contributed by atoms with Gasteiger partial charge in [-0.3, -0.25) is 0 Å². The van der Waals surface area contributed by atoms with Crippen molar-refractivity contribution in [1.82, 2.24) is 0 Å². The molecule has 1 aromatic rings. The van der Waals surface area contributed by atoms with Crippen molar-refractivity contribution in [2.75, 3.05) is 0 Å². The molecule has 0 aliphatic heterocycles. The fourth-order valence-corrected chi connectivity index (χ4v) is 1.55. The van der Waals surface area contributed by atoms with Crippen molar-refractivity contribution in [3.05, 3.63) is 51.8 Å². The zero-order chi connectivity index (χ0) is 11.4. The summed E-state index contributed by atoms with van der Waals surface area (Å²) in [6.07, 6.45) is 7.43. The van der Waals surface area contributed by atoms with Crippen LogP contribution in [-0.4, -0.2) is 0 Å². The van der Waals surface area contributed by atoms with E-state index in [-0.39, 0.29) is 0 Å². The first-order valence-electron chi connectivity index (χ1n) is 4.50. The number of allylic oxidation sites excluding steroid dienone is 3. The van der Waals surface area contributed by atoms with Crippen LogP contribution in [0.5, 0.6) is 0 Å². The number of rotatable bonds is 3. The second-order valence-corrected chi connectivity index (χ2v) is 4.11. The molecule has 0 unspecified atom stereocenters. The quantitative estimate of drug-likeness (QED) is 0.766. The maximum absolute atomic E-state index is 5.45. The van der Waals surface area contributed by atoms with Gasteiger partial charge in [-0.2, -0.15) is 0 Å². The molecule has 78 valence electrons. The number of hydrogen-bond donors (Lipinski definition) is 0. The molecule has 0 aliphatic rings. The average Bonchev–Trinajstić information content (AvgIpc) is 2.39. The lowest BCUT2D eigenvalue weighted by molar-refractivity contribution is 0.502. The van der Waals surface area contributed by atoms with Crippen LogP contribution in [0.3, 0.4) is 0 Å². The third kappa shape index (κ3) is 2.83. The Kier molecular flexibility index (Phi) is 3.92. The molecule has 15 heavy (non-hydrogen) atoms. The minimum Gasteiger partial charge on any atom is -0.461 e. The molecular weight excluding hydrogens is 252 g/mol. The van der Waals surface area contributed by atoms with Gasteiger partial charge in [-0.05, 0) is 13.0 Å². The molecule has 1 aromatic heterocycles. The first-order valence-corrected chi connectivity index (χ1v) is 5.29. The Morgan fingerprint density at radius 1 is 1.47 bits per heavy atom. The van der Waals surface area contributed by atoms with Gasteiger partial charge in [0.15, 0.2) is 0 Å². The Labute approximate surface area is 97.9 Å². The molecule has 1 heterocycles. The maximum Gasteiger partial charge on any atom is 0.127 e. The highest BCUT2D eigenvalue weighted by atomic mass is 79.9. The molecule has 0 bridgehead atoms. The van der Waals surface area contributed by atoms with E-state index in [1.165, 1.54) is 0 Å². The van der Waals surface area contributed by atoms with Gasteiger partial charge in [0.05, 0.1) is 0 Å². The van der Waals surface area contributed by atoms with E-state index in [2.05, 4.69) is 35.7 Å². The summed E-state index contributed by atoms with van der Waals surface area (Å²) >= 11 is 3.29. The van der Waals surface area contributed by atoms with Crippen molar-refractivity contribution in [3.8, 4) is 0 Å². The van der Waals surface area contributed by atoms with Crippen molar-refractivity contribution in [2.45, 2.75) is 6.92 Å². The molecule has 0 saturated heterocycles. The highest BCUT2D eigenvalue weighted by molar-refractivity contribution is 9.12. The van der Waals surface area contributed by atoms with E-state index in [0.717, 1.165) is 21.0 Å². The predicted molar refractivity (Wildman–Crippen MR) is 70.0 cm³/mol. The average molecular weight is 265 g/mol. The van der Waals surface area contributed by atoms with Crippen molar-refractivity contribution in [2.24, 2.45) is 0 Å². The van der Waals surface area contributed by atoms with Gasteiger partial charge < -0.3 is 4.42 Å². The van der Waals surface area contributed by atoms with Gasteiger partial charge in [-0.15, -0.1) is 0 Å². The van der Waals surface area contributed by atoms with Gasteiger partial charge in [0.1, 0.15) is 11.2 Å². The standard InChI is InChI=1S/C13H13BrO/c1-5-6-7-12-10(3)15-11(4)13(12)8-9(2)14/h5-8H,1-2,4H2,3H3/b7-6-,13-8+. The molecular formula is C13H13BrO. The Morgan fingerprint density at radius 3 is 2.67 bits per heavy atom. The van der Waals surface area contributed by atoms with Crippen LogP contribution in [0.2, 0.25) is 0 Å². The number of halogens is 1. The van der Waals surface area contributed by atoms with Gasteiger partial charge in [0.2, 0.25) is 0 Å². The Hall–Kier alpha value is -1.28. The molecule has 0 aromatic carbocycles. The molecule has 0 amide bonds. The first-order chi connectivity index (χ1) is 7.06. The van der Waals surface area contributed by atoms with E-state index in [9.17, 15) is 0 Å². The minimum atomic E-state index is 0.650. The van der Waals surface area contributed by atoms with E-state index in [4.69, 9.17) is 4.42 Å². The highest BCUT2D eigenvalue weighted by Crippen LogP contribution is 2.06. The predicted octanol–water partition coefficient (Wildman–Crippen LogP) is 2.89. The van der Waals surface area contributed by atoms with Crippen molar-refractivity contribution in [3.63, 3.8) is 0 Å². The summed E-state index contributed by atoms with van der Waals surface area (Å²) in [4.78, 5) is 0. The molecule has 0 spiro atoms. The van der Waals surface area contributed by atoms with Crippen LogP contribution >= 0.6 is 15.9 Å². The third-order valence-electron chi connectivity index (χ3n) is 1.95. The van der Waals surface area contributed by atoms with Crippen LogP contribution in [0.25, 0.3) is 18.7 Å². The summed E-state index contributed by atoms with van der Waals surface area (Å²) in [7, 11) is 0. The minimum absolute atomic E-state index is 0.650. The molecule has 2 heteroatoms. The largest absolute Gasteiger partial charge is 0.461 e. The van der Waals surface area contributed by atoms with Crippen LogP contribution < -0.4 is 10.6 Å². The maximum atomic E-state index is 5.45. The van der Waals surface area contributed by atoms with Gasteiger partial charge in [-0.25, -0.2) is 0 Å². The lowest BCUT2D eigenvalue weighted by Crippen LogP contribution is -2.19. The van der Waals surface area contributed by atoms with E-state index in [1.807, 2.05) is 25.2 Å². The van der Waals surface area contributed by atoms with Crippen LogP contribution in [0.1, 0.15) is 11.3 Å². The van der Waals surface area contributed by atoms with Gasteiger partial charge >= 0.3 is 0 Å². The number of furan rings is 1. The highest BCUT2D eigenvalue weighted by Gasteiger charge is 2.02. The Morgan fingerprint density at radius 2 is 2.13 bits per heavy atom. The van der Waals surface area contributed by atoms with Crippen molar-refractivity contribution >= 4 is 34.7 Å². The van der Waals surface area contributed by atoms with Crippen molar-refractivity contribution in [1.29, 1.82) is 0 Å². The second kappa shape index (κ2) is 4.99. The second-order valence-electron chi connectivity index (χ2n) is 3.09. The summed E-state index contributed by atoms with van der Waals surface area (Å²) in [5.41, 5.74) is 1.66. The first kappa shape index (κ1) is 11.8. The fraction of sp³-hybridized carbons (Fsp3) is 0.0769. The Balaban J connectivity index is 3.49. The topological polar surface area (TPSA) is 13.1 Å². The van der Waals surface area contributed by atoms with E-state index in [0.29, 0.717) is 5.42 Å². The molecule has 0 fully saturated rings. The van der Waals surface area contributed by atoms with E-state index < -0.39 is 0 Å². The van der Waals surface area contributed by atoms with Crippen LogP contribution in [0, 0.1) is 6.92 Å². The fourth-order valence-electron chi connectivity index (χ4n) is 1.32. The van der Waals surface area contributed by atoms with Crippen molar-refractivity contribution < 1.29 is 4.42 Å². The normalized spacial score (nSPS) is 12.3. The van der Waals surface area contributed by atoms with Gasteiger partial charge in [0.25, 0.3) is 0 Å². The summed E-state index contributed by atoms with van der Waals surface area (Å²) in [5, 5.41) is 0.951. The number of hydrogen-bond acceptors (Lipinski definition) is 1. The van der Waals surface area contributed by atoms with Crippen LogP contribution in [0.4, 0.5) is 0 Å². The lowest BCUT2D eigenvalue weighted by atomic mass is 10.2. The monoisotopic (exact) mass is 264 g/mol. The molecule has 1 rings (SSSR count).